The molecule has 0 spiro atoms. The first-order valence-corrected chi connectivity index (χ1v) is 4.85. The van der Waals surface area contributed by atoms with Gasteiger partial charge >= 0.3 is 0 Å². The molecular formula is C11H24N2O3. The molecule has 0 saturated carbocycles. The molecule has 0 atom stereocenters. The van der Waals surface area contributed by atoms with Crippen LogP contribution in [0.3, 0.4) is 0 Å². The minimum atomic E-state index is 0.0926. The predicted molar refractivity (Wildman–Crippen MR) is 65.1 cm³/mol. The van der Waals surface area contributed by atoms with Crippen LogP contribution in [0.5, 0.6) is 0 Å². The fraction of sp³-hybridized carbons (Fsp3) is 0.727. The van der Waals surface area contributed by atoms with Crippen molar-refractivity contribution in [3.63, 3.8) is 0 Å². The van der Waals surface area contributed by atoms with Crippen molar-refractivity contribution in [2.24, 2.45) is 0 Å². The first-order valence-electron chi connectivity index (χ1n) is 4.85. The van der Waals surface area contributed by atoms with Gasteiger partial charge in [-0.2, -0.15) is 0 Å². The van der Waals surface area contributed by atoms with Crippen LogP contribution in [0.2, 0.25) is 0 Å². The summed E-state index contributed by atoms with van der Waals surface area (Å²) in [4.78, 5) is 32.6. The maximum Gasteiger partial charge on any atom is 0.218 e. The molecule has 0 aliphatic carbocycles. The Balaban J connectivity index is -0.000000162. The second kappa shape index (κ2) is 11.7. The molecule has 0 unspecified atom stereocenters. The molecule has 0 N–H and O–H groups in total. The molecule has 5 nitrogen and oxygen atoms in total. The average Bonchev–Trinajstić information content (AvgIpc) is 2.03. The first-order chi connectivity index (χ1) is 7.02. The zero-order valence-electron chi connectivity index (χ0n) is 11.6. The van der Waals surface area contributed by atoms with Gasteiger partial charge in [-0.1, -0.05) is 0 Å². The lowest BCUT2D eigenvalue weighted by Crippen LogP contribution is -2.17. The molecule has 0 heterocycles. The van der Waals surface area contributed by atoms with Gasteiger partial charge in [-0.05, 0) is 13.8 Å². The molecule has 0 aromatic heterocycles. The van der Waals surface area contributed by atoms with E-state index in [1.54, 1.807) is 28.2 Å². The van der Waals surface area contributed by atoms with Crippen molar-refractivity contribution in [2.45, 2.75) is 27.7 Å². The van der Waals surface area contributed by atoms with Gasteiger partial charge in [0, 0.05) is 42.0 Å². The van der Waals surface area contributed by atoms with Crippen LogP contribution in [0.15, 0.2) is 0 Å². The van der Waals surface area contributed by atoms with Crippen molar-refractivity contribution in [1.29, 1.82) is 0 Å². The van der Waals surface area contributed by atoms with Gasteiger partial charge < -0.3 is 14.6 Å². The molecule has 0 bridgehead atoms. The van der Waals surface area contributed by atoms with Crippen molar-refractivity contribution < 1.29 is 14.4 Å². The molecule has 0 rings (SSSR count). The predicted octanol–water partition coefficient (Wildman–Crippen LogP) is 0.784. The molecule has 5 heteroatoms. The summed E-state index contributed by atoms with van der Waals surface area (Å²) in [5.41, 5.74) is 0. The van der Waals surface area contributed by atoms with Crippen molar-refractivity contribution in [3.05, 3.63) is 0 Å². The standard InChI is InChI=1S/2C4H9NO.C3H6O/c2*1-4(6)5(2)3;1-3(2)4/h2*1-3H3;1-2H3. The fourth-order valence-corrected chi connectivity index (χ4v) is 0. The van der Waals surface area contributed by atoms with Gasteiger partial charge in [-0.15, -0.1) is 0 Å². The van der Waals surface area contributed by atoms with Gasteiger partial charge in [0.2, 0.25) is 11.8 Å². The Hall–Kier alpha value is -1.39. The second-order valence-electron chi connectivity index (χ2n) is 3.74. The third-order valence-electron chi connectivity index (χ3n) is 1.26. The molecule has 0 aliphatic rings. The number of ketones is 1. The van der Waals surface area contributed by atoms with E-state index in [9.17, 15) is 14.4 Å². The number of Topliss-reactive ketones (excluding diaryl/α,β-unsaturated/α-hetero) is 1. The first kappa shape index (κ1) is 20.1. The minimum absolute atomic E-state index is 0.0926. The largest absolute Gasteiger partial charge is 0.349 e. The molecule has 16 heavy (non-hydrogen) atoms. The highest BCUT2D eigenvalue weighted by atomic mass is 16.2. The fourth-order valence-electron chi connectivity index (χ4n) is 0. The van der Waals surface area contributed by atoms with Gasteiger partial charge in [0.25, 0.3) is 0 Å². The molecule has 0 saturated heterocycles. The molecule has 0 fully saturated rings. The monoisotopic (exact) mass is 232 g/mol. The van der Waals surface area contributed by atoms with E-state index < -0.39 is 0 Å². The zero-order valence-corrected chi connectivity index (χ0v) is 11.6. The van der Waals surface area contributed by atoms with Gasteiger partial charge in [0.05, 0.1) is 0 Å². The number of nitrogens with zero attached hydrogens (tertiary/aromatic N) is 2. The minimum Gasteiger partial charge on any atom is -0.349 e. The van der Waals surface area contributed by atoms with E-state index in [-0.39, 0.29) is 17.6 Å². The quantitative estimate of drug-likeness (QED) is 0.620. The average molecular weight is 232 g/mol. The Morgan fingerprint density at radius 3 is 0.688 bits per heavy atom. The summed E-state index contributed by atoms with van der Waals surface area (Å²) < 4.78 is 0. The van der Waals surface area contributed by atoms with Crippen LogP contribution in [0.4, 0.5) is 0 Å². The van der Waals surface area contributed by atoms with Crippen molar-refractivity contribution >= 4 is 17.6 Å². The number of carbonyl (C=O) groups is 3. The topological polar surface area (TPSA) is 57.7 Å². The highest BCUT2D eigenvalue weighted by molar-refractivity contribution is 5.72. The van der Waals surface area contributed by atoms with E-state index >= 15 is 0 Å². The maximum atomic E-state index is 10.1. The lowest BCUT2D eigenvalue weighted by Gasteiger charge is -2.02. The van der Waals surface area contributed by atoms with Gasteiger partial charge in [-0.3, -0.25) is 9.59 Å². The molecule has 96 valence electrons. The van der Waals surface area contributed by atoms with Crippen LogP contribution in [0.25, 0.3) is 0 Å². The van der Waals surface area contributed by atoms with E-state index in [1.165, 1.54) is 37.5 Å². The normalized spacial score (nSPS) is 7.50. The Kier molecular flexibility index (Phi) is 14.7. The number of rotatable bonds is 0. The molecule has 2 amide bonds. The van der Waals surface area contributed by atoms with Crippen molar-refractivity contribution in [1.82, 2.24) is 9.80 Å². The lowest BCUT2D eigenvalue weighted by atomic mass is 10.6. The van der Waals surface area contributed by atoms with Gasteiger partial charge in [-0.25, -0.2) is 0 Å². The number of hydrogen-bond donors (Lipinski definition) is 0. The third-order valence-corrected chi connectivity index (χ3v) is 1.26. The van der Waals surface area contributed by atoms with Gasteiger partial charge in [0.1, 0.15) is 5.78 Å². The van der Waals surface area contributed by atoms with E-state index in [0.29, 0.717) is 0 Å². The lowest BCUT2D eigenvalue weighted by molar-refractivity contribution is -0.127. The molecule has 0 aliphatic heterocycles. The van der Waals surface area contributed by atoms with Crippen molar-refractivity contribution in [2.75, 3.05) is 28.2 Å². The molecule has 0 radical (unpaired) electrons. The smallest absolute Gasteiger partial charge is 0.218 e. The Labute approximate surface area is 98.4 Å². The van der Waals surface area contributed by atoms with Crippen LogP contribution in [0.1, 0.15) is 27.7 Å². The van der Waals surface area contributed by atoms with Crippen LogP contribution in [0, 0.1) is 0 Å². The van der Waals surface area contributed by atoms with E-state index in [4.69, 9.17) is 0 Å². The Morgan fingerprint density at radius 1 is 0.625 bits per heavy atom. The van der Waals surface area contributed by atoms with E-state index in [0.717, 1.165) is 0 Å². The Morgan fingerprint density at radius 2 is 0.688 bits per heavy atom. The third kappa shape index (κ3) is 38.9. The molecule has 0 aromatic rings. The summed E-state index contributed by atoms with van der Waals surface area (Å²) in [6, 6.07) is 0. The van der Waals surface area contributed by atoms with E-state index in [2.05, 4.69) is 0 Å². The zero-order chi connectivity index (χ0) is 13.9. The van der Waals surface area contributed by atoms with Gasteiger partial charge in [0.15, 0.2) is 0 Å². The number of hydrogen-bond acceptors (Lipinski definition) is 3. The van der Waals surface area contributed by atoms with Crippen LogP contribution in [-0.4, -0.2) is 55.6 Å². The van der Waals surface area contributed by atoms with Crippen LogP contribution >= 0.6 is 0 Å². The summed E-state index contributed by atoms with van der Waals surface area (Å²) >= 11 is 0. The number of amides is 2. The van der Waals surface area contributed by atoms with Crippen molar-refractivity contribution in [3.8, 4) is 0 Å². The summed E-state index contributed by atoms with van der Waals surface area (Å²) in [7, 11) is 6.90. The Bertz CT molecular complexity index is 201. The highest BCUT2D eigenvalue weighted by Crippen LogP contribution is 1.70. The number of carbonyl (C=O) groups excluding carboxylic acids is 3. The summed E-state index contributed by atoms with van der Waals surface area (Å²) in [5, 5.41) is 0. The molecular weight excluding hydrogens is 208 g/mol. The summed E-state index contributed by atoms with van der Waals surface area (Å²) in [6.45, 7) is 6.11. The molecule has 0 aromatic carbocycles. The van der Waals surface area contributed by atoms with E-state index in [1.807, 2.05) is 0 Å². The van der Waals surface area contributed by atoms with Crippen LogP contribution in [-0.2, 0) is 14.4 Å². The summed E-state index contributed by atoms with van der Waals surface area (Å²) in [5.74, 6) is 0.352. The second-order valence-corrected chi connectivity index (χ2v) is 3.74. The SMILES string of the molecule is CC(=O)N(C)C.CC(=O)N(C)C.CC(C)=O. The highest BCUT2D eigenvalue weighted by Gasteiger charge is 1.88. The van der Waals surface area contributed by atoms with Crippen LogP contribution < -0.4 is 0 Å². The summed E-state index contributed by atoms with van der Waals surface area (Å²) in [6.07, 6.45) is 0. The maximum absolute atomic E-state index is 10.1.